The zero-order valence-electron chi connectivity index (χ0n) is 12.6. The molecule has 3 heterocycles. The van der Waals surface area contributed by atoms with Gasteiger partial charge in [-0.3, -0.25) is 9.78 Å². The van der Waals surface area contributed by atoms with E-state index in [1.54, 1.807) is 12.3 Å². The van der Waals surface area contributed by atoms with Crippen molar-refractivity contribution < 1.29 is 13.9 Å². The molecule has 1 aromatic heterocycles. The normalized spacial score (nSPS) is 22.8. The minimum atomic E-state index is -0.268. The fourth-order valence-electron chi connectivity index (χ4n) is 3.13. The highest BCUT2D eigenvalue weighted by molar-refractivity contribution is 5.78. The van der Waals surface area contributed by atoms with Gasteiger partial charge in [0.1, 0.15) is 0 Å². The first kappa shape index (κ1) is 15.2. The van der Waals surface area contributed by atoms with Gasteiger partial charge >= 0.3 is 0 Å². The maximum absolute atomic E-state index is 13.7. The van der Waals surface area contributed by atoms with Gasteiger partial charge in [0.15, 0.2) is 5.82 Å². The summed E-state index contributed by atoms with van der Waals surface area (Å²) in [5.74, 6) is 0.328. The smallest absolute Gasteiger partial charge is 0.225 e. The first-order valence-electron chi connectivity index (χ1n) is 7.94. The number of piperidine rings is 1. The van der Waals surface area contributed by atoms with E-state index in [1.807, 2.05) is 0 Å². The number of pyridine rings is 1. The van der Waals surface area contributed by atoms with Crippen LogP contribution in [0.2, 0.25) is 0 Å². The van der Waals surface area contributed by atoms with Crippen molar-refractivity contribution >= 4 is 11.6 Å². The van der Waals surface area contributed by atoms with E-state index in [1.165, 1.54) is 6.20 Å². The van der Waals surface area contributed by atoms with E-state index < -0.39 is 0 Å². The summed E-state index contributed by atoms with van der Waals surface area (Å²) in [6.07, 6.45) is 5.62. The molecule has 2 aliphatic heterocycles. The van der Waals surface area contributed by atoms with Gasteiger partial charge in [-0.05, 0) is 31.2 Å². The average molecular weight is 307 g/mol. The molecule has 0 saturated carbocycles. The van der Waals surface area contributed by atoms with Crippen LogP contribution in [0.1, 0.15) is 19.3 Å². The van der Waals surface area contributed by atoms with Crippen LogP contribution in [0.3, 0.4) is 0 Å². The molecule has 1 atom stereocenters. The topological polar surface area (TPSA) is 54.5 Å². The Balaban J connectivity index is 1.44. The minimum absolute atomic E-state index is 0.0194. The number of carbonyl (C=O) groups excluding carboxylic acids is 1. The van der Waals surface area contributed by atoms with Crippen molar-refractivity contribution in [1.82, 2.24) is 10.3 Å². The lowest BCUT2D eigenvalue weighted by Crippen LogP contribution is -2.40. The maximum atomic E-state index is 13.7. The van der Waals surface area contributed by atoms with Gasteiger partial charge in [-0.1, -0.05) is 0 Å². The van der Waals surface area contributed by atoms with Gasteiger partial charge in [0.2, 0.25) is 5.91 Å². The summed E-state index contributed by atoms with van der Waals surface area (Å²) in [6.45, 7) is 3.57. The van der Waals surface area contributed by atoms with E-state index >= 15 is 0 Å². The molecule has 0 aliphatic carbocycles. The van der Waals surface area contributed by atoms with Crippen molar-refractivity contribution in [3.8, 4) is 0 Å². The van der Waals surface area contributed by atoms with Gasteiger partial charge in [-0.2, -0.15) is 0 Å². The molecule has 0 aromatic carbocycles. The summed E-state index contributed by atoms with van der Waals surface area (Å²) < 4.78 is 19.0. The number of rotatable bonds is 4. The summed E-state index contributed by atoms with van der Waals surface area (Å²) in [4.78, 5) is 17.8. The van der Waals surface area contributed by atoms with Crippen LogP contribution in [0.5, 0.6) is 0 Å². The van der Waals surface area contributed by atoms with E-state index in [9.17, 15) is 9.18 Å². The van der Waals surface area contributed by atoms with Crippen LogP contribution in [-0.2, 0) is 9.53 Å². The lowest BCUT2D eigenvalue weighted by molar-refractivity contribution is -0.125. The molecular formula is C16H22FN3O2. The van der Waals surface area contributed by atoms with Gasteiger partial charge in [0.25, 0.3) is 0 Å². The summed E-state index contributed by atoms with van der Waals surface area (Å²) >= 11 is 0. The second kappa shape index (κ2) is 7.05. The van der Waals surface area contributed by atoms with Crippen LogP contribution in [0.15, 0.2) is 18.5 Å². The number of anilines is 1. The molecule has 0 bridgehead atoms. The molecule has 5 nitrogen and oxygen atoms in total. The first-order chi connectivity index (χ1) is 10.7. The van der Waals surface area contributed by atoms with Gasteiger partial charge in [-0.25, -0.2) is 4.39 Å². The molecule has 3 rings (SSSR count). The monoisotopic (exact) mass is 307 g/mol. The van der Waals surface area contributed by atoms with Crippen LogP contribution in [0.25, 0.3) is 0 Å². The van der Waals surface area contributed by atoms with Crippen LogP contribution >= 0.6 is 0 Å². The lowest BCUT2D eigenvalue weighted by Gasteiger charge is -2.33. The molecule has 2 aliphatic rings. The van der Waals surface area contributed by atoms with Gasteiger partial charge in [0.05, 0.1) is 24.4 Å². The zero-order valence-corrected chi connectivity index (χ0v) is 12.6. The molecule has 6 heteroatoms. The third kappa shape index (κ3) is 3.55. The van der Waals surface area contributed by atoms with Gasteiger partial charge < -0.3 is 15.0 Å². The van der Waals surface area contributed by atoms with E-state index in [2.05, 4.69) is 15.2 Å². The quantitative estimate of drug-likeness (QED) is 0.918. The standard InChI is InChI=1S/C16H22FN3O2/c17-14-10-18-5-1-15(14)20-6-2-12(3-7-20)9-19-16(21)13-4-8-22-11-13/h1,5,10,12-13H,2-4,6-9,11H2,(H,19,21). The Labute approximate surface area is 129 Å². The number of hydrogen-bond donors (Lipinski definition) is 1. The van der Waals surface area contributed by atoms with Crippen LogP contribution in [-0.4, -0.2) is 43.7 Å². The maximum Gasteiger partial charge on any atom is 0.225 e. The molecule has 2 saturated heterocycles. The SMILES string of the molecule is O=C(NCC1CCN(c2ccncc2F)CC1)C1CCOC1. The largest absolute Gasteiger partial charge is 0.381 e. The highest BCUT2D eigenvalue weighted by atomic mass is 19.1. The molecule has 1 N–H and O–H groups in total. The Kier molecular flexibility index (Phi) is 4.87. The van der Waals surface area contributed by atoms with Crippen molar-refractivity contribution in [1.29, 1.82) is 0 Å². The third-order valence-corrected chi connectivity index (χ3v) is 4.57. The average Bonchev–Trinajstić information content (AvgIpc) is 3.08. The fourth-order valence-corrected chi connectivity index (χ4v) is 3.13. The summed E-state index contributed by atoms with van der Waals surface area (Å²) in [5.41, 5.74) is 0.626. The number of hydrogen-bond acceptors (Lipinski definition) is 4. The number of aromatic nitrogens is 1. The van der Waals surface area contributed by atoms with Crippen LogP contribution in [0, 0.1) is 17.7 Å². The highest BCUT2D eigenvalue weighted by Gasteiger charge is 2.25. The number of carbonyl (C=O) groups is 1. The zero-order chi connectivity index (χ0) is 15.4. The molecular weight excluding hydrogens is 285 g/mol. The number of ether oxygens (including phenoxy) is 1. The minimum Gasteiger partial charge on any atom is -0.381 e. The van der Waals surface area contributed by atoms with Crippen molar-refractivity contribution in [2.75, 3.05) is 37.7 Å². The fraction of sp³-hybridized carbons (Fsp3) is 0.625. The van der Waals surface area contributed by atoms with Crippen molar-refractivity contribution in [2.45, 2.75) is 19.3 Å². The predicted molar refractivity (Wildman–Crippen MR) is 81.1 cm³/mol. The van der Waals surface area contributed by atoms with Gasteiger partial charge in [0, 0.05) is 32.4 Å². The molecule has 1 aromatic rings. The van der Waals surface area contributed by atoms with Crippen molar-refractivity contribution in [3.05, 3.63) is 24.3 Å². The van der Waals surface area contributed by atoms with Gasteiger partial charge in [-0.15, -0.1) is 0 Å². The Morgan fingerprint density at radius 3 is 2.91 bits per heavy atom. The second-order valence-electron chi connectivity index (χ2n) is 6.06. The molecule has 0 spiro atoms. The molecule has 22 heavy (non-hydrogen) atoms. The number of nitrogens with zero attached hydrogens (tertiary/aromatic N) is 2. The summed E-state index contributed by atoms with van der Waals surface area (Å²) in [6, 6.07) is 1.72. The van der Waals surface area contributed by atoms with E-state index in [0.29, 0.717) is 31.4 Å². The Morgan fingerprint density at radius 2 is 2.23 bits per heavy atom. The molecule has 1 amide bonds. The Morgan fingerprint density at radius 1 is 1.41 bits per heavy atom. The number of halogens is 1. The highest BCUT2D eigenvalue weighted by Crippen LogP contribution is 2.24. The van der Waals surface area contributed by atoms with E-state index in [0.717, 1.165) is 32.4 Å². The Bertz CT molecular complexity index is 512. The van der Waals surface area contributed by atoms with E-state index in [4.69, 9.17) is 4.74 Å². The predicted octanol–water partition coefficient (Wildman–Crippen LogP) is 1.59. The number of nitrogens with one attached hydrogen (secondary N) is 1. The molecule has 0 radical (unpaired) electrons. The molecule has 120 valence electrons. The molecule has 2 fully saturated rings. The summed E-state index contributed by atoms with van der Waals surface area (Å²) in [5, 5.41) is 3.04. The number of amides is 1. The third-order valence-electron chi connectivity index (χ3n) is 4.57. The first-order valence-corrected chi connectivity index (χ1v) is 7.94. The van der Waals surface area contributed by atoms with Crippen molar-refractivity contribution in [2.24, 2.45) is 11.8 Å². The van der Waals surface area contributed by atoms with Crippen molar-refractivity contribution in [3.63, 3.8) is 0 Å². The summed E-state index contributed by atoms with van der Waals surface area (Å²) in [7, 11) is 0. The second-order valence-corrected chi connectivity index (χ2v) is 6.06. The molecule has 1 unspecified atom stereocenters. The van der Waals surface area contributed by atoms with Crippen LogP contribution < -0.4 is 10.2 Å². The lowest BCUT2D eigenvalue weighted by atomic mass is 9.96. The Hall–Kier alpha value is -1.69. The van der Waals surface area contributed by atoms with Crippen LogP contribution in [0.4, 0.5) is 10.1 Å². The van der Waals surface area contributed by atoms with E-state index in [-0.39, 0.29) is 17.6 Å².